The van der Waals surface area contributed by atoms with Crippen molar-refractivity contribution in [3.05, 3.63) is 0 Å². The molecule has 0 aromatic carbocycles. The number of fused-ring (bicyclic) bond motifs is 2. The fourth-order valence-electron chi connectivity index (χ4n) is 4.94. The van der Waals surface area contributed by atoms with E-state index in [0.29, 0.717) is 17.9 Å². The molecule has 3 nitrogen and oxygen atoms in total. The van der Waals surface area contributed by atoms with Crippen molar-refractivity contribution in [3.63, 3.8) is 0 Å². The Bertz CT molecular complexity index is 437. The fourth-order valence-corrected chi connectivity index (χ4v) is 4.94. The van der Waals surface area contributed by atoms with Gasteiger partial charge in [0.15, 0.2) is 0 Å². The quantitative estimate of drug-likeness (QED) is 0.811. The Balaban J connectivity index is 1.62. The minimum absolute atomic E-state index is 0.0432. The molecule has 3 fully saturated rings. The van der Waals surface area contributed by atoms with Crippen LogP contribution in [0.15, 0.2) is 0 Å². The topological polar surface area (TPSA) is 46.2 Å². The van der Waals surface area contributed by atoms with Crippen LogP contribution in [0.4, 0.5) is 0 Å². The Morgan fingerprint density at radius 2 is 1.57 bits per heavy atom. The molecule has 0 heterocycles. The Kier molecular flexibility index (Phi) is 3.87. The molecule has 3 saturated carbocycles. The molecular formula is C18H29NO2. The lowest BCUT2D eigenvalue weighted by Crippen LogP contribution is -2.47. The summed E-state index contributed by atoms with van der Waals surface area (Å²) in [5, 5.41) is 3.25. The van der Waals surface area contributed by atoms with Crippen molar-refractivity contribution in [2.75, 3.05) is 0 Å². The van der Waals surface area contributed by atoms with Crippen molar-refractivity contribution in [2.45, 2.75) is 71.8 Å². The molecule has 3 heteroatoms. The summed E-state index contributed by atoms with van der Waals surface area (Å²) in [6.07, 6.45) is 7.96. The molecule has 0 aliphatic heterocycles. The van der Waals surface area contributed by atoms with Crippen LogP contribution in [0.5, 0.6) is 0 Å². The third-order valence-electron chi connectivity index (χ3n) is 6.13. The van der Waals surface area contributed by atoms with Crippen LogP contribution in [0.25, 0.3) is 0 Å². The number of carbonyl (C=O) groups excluding carboxylic acids is 2. The van der Waals surface area contributed by atoms with Crippen LogP contribution in [0.1, 0.15) is 65.7 Å². The van der Waals surface area contributed by atoms with Crippen LogP contribution >= 0.6 is 0 Å². The fraction of sp³-hybridized carbons (Fsp3) is 0.889. The van der Waals surface area contributed by atoms with Gasteiger partial charge in [0.25, 0.3) is 0 Å². The van der Waals surface area contributed by atoms with E-state index in [-0.39, 0.29) is 18.1 Å². The van der Waals surface area contributed by atoms with E-state index in [4.69, 9.17) is 0 Å². The highest BCUT2D eigenvalue weighted by Gasteiger charge is 2.48. The molecule has 5 unspecified atom stereocenters. The van der Waals surface area contributed by atoms with Crippen LogP contribution in [0, 0.1) is 29.1 Å². The number of ketones is 1. The van der Waals surface area contributed by atoms with Crippen LogP contribution < -0.4 is 5.32 Å². The average molecular weight is 291 g/mol. The standard InChI is InChI=1S/C18H29NO2/c1-18(2,3)15(20)10-16(21)19-17-12-6-4-5-11-7-14(17)9-13(11)8-12/h11-14,17H,4-10H2,1-3H3,(H,19,21). The zero-order chi connectivity index (χ0) is 15.2. The highest BCUT2D eigenvalue weighted by molar-refractivity contribution is 6.00. The van der Waals surface area contributed by atoms with Crippen molar-refractivity contribution in [1.29, 1.82) is 0 Å². The Morgan fingerprint density at radius 1 is 0.952 bits per heavy atom. The summed E-state index contributed by atoms with van der Waals surface area (Å²) < 4.78 is 0. The minimum atomic E-state index is -0.418. The molecule has 0 aromatic heterocycles. The van der Waals surface area contributed by atoms with E-state index in [9.17, 15) is 9.59 Å². The van der Waals surface area contributed by atoms with E-state index < -0.39 is 5.41 Å². The van der Waals surface area contributed by atoms with E-state index in [0.717, 1.165) is 11.8 Å². The Hall–Kier alpha value is -0.860. The summed E-state index contributed by atoms with van der Waals surface area (Å²) in [6, 6.07) is 0.340. The second kappa shape index (κ2) is 5.40. The van der Waals surface area contributed by atoms with Gasteiger partial charge >= 0.3 is 0 Å². The number of hydrogen-bond donors (Lipinski definition) is 1. The SMILES string of the molecule is CC(C)(C)C(=O)CC(=O)NC1C2CCCC3CC1CC3C2. The summed E-state index contributed by atoms with van der Waals surface area (Å²) in [5.74, 6) is 3.17. The number of hydrogen-bond acceptors (Lipinski definition) is 2. The molecule has 1 N–H and O–H groups in total. The van der Waals surface area contributed by atoms with Gasteiger partial charge in [-0.25, -0.2) is 0 Å². The molecule has 0 saturated heterocycles. The molecule has 0 aromatic rings. The van der Waals surface area contributed by atoms with Crippen LogP contribution in [0.2, 0.25) is 0 Å². The Morgan fingerprint density at radius 3 is 2.29 bits per heavy atom. The van der Waals surface area contributed by atoms with Gasteiger partial charge in [-0.2, -0.15) is 0 Å². The highest BCUT2D eigenvalue weighted by atomic mass is 16.2. The number of Topliss-reactive ketones (excluding diaryl/α,β-unsaturated/α-hetero) is 1. The van der Waals surface area contributed by atoms with Gasteiger partial charge in [-0.05, 0) is 49.4 Å². The highest BCUT2D eigenvalue weighted by Crippen LogP contribution is 2.53. The van der Waals surface area contributed by atoms with Gasteiger partial charge in [-0.3, -0.25) is 9.59 Å². The summed E-state index contributed by atoms with van der Waals surface area (Å²) >= 11 is 0. The normalized spacial score (nSPS) is 38.1. The van der Waals surface area contributed by atoms with E-state index in [1.165, 1.54) is 38.5 Å². The number of amides is 1. The molecule has 3 bridgehead atoms. The van der Waals surface area contributed by atoms with Gasteiger partial charge in [-0.15, -0.1) is 0 Å². The molecule has 3 rings (SSSR count). The molecule has 118 valence electrons. The Labute approximate surface area is 128 Å². The summed E-state index contributed by atoms with van der Waals surface area (Å²) in [4.78, 5) is 24.3. The molecule has 5 atom stereocenters. The summed E-state index contributed by atoms with van der Waals surface area (Å²) in [7, 11) is 0. The maximum atomic E-state index is 12.3. The largest absolute Gasteiger partial charge is 0.352 e. The van der Waals surface area contributed by atoms with Gasteiger partial charge in [0.1, 0.15) is 5.78 Å². The lowest BCUT2D eigenvalue weighted by molar-refractivity contribution is -0.133. The molecule has 21 heavy (non-hydrogen) atoms. The monoisotopic (exact) mass is 291 g/mol. The van der Waals surface area contributed by atoms with Gasteiger partial charge in [0.05, 0.1) is 6.42 Å². The molecule has 0 spiro atoms. The second-order valence-corrected chi connectivity index (χ2v) is 8.62. The van der Waals surface area contributed by atoms with Gasteiger partial charge in [0.2, 0.25) is 5.91 Å². The average Bonchev–Trinajstić information content (AvgIpc) is 2.62. The van der Waals surface area contributed by atoms with Gasteiger partial charge < -0.3 is 5.32 Å². The molecular weight excluding hydrogens is 262 g/mol. The van der Waals surface area contributed by atoms with E-state index >= 15 is 0 Å². The van der Waals surface area contributed by atoms with E-state index in [1.54, 1.807) is 0 Å². The van der Waals surface area contributed by atoms with Crippen LogP contribution in [-0.2, 0) is 9.59 Å². The summed E-state index contributed by atoms with van der Waals surface area (Å²) in [5.41, 5.74) is -0.418. The number of rotatable bonds is 3. The van der Waals surface area contributed by atoms with Gasteiger partial charge in [0, 0.05) is 11.5 Å². The zero-order valence-corrected chi connectivity index (χ0v) is 13.7. The van der Waals surface area contributed by atoms with Crippen molar-refractivity contribution in [2.24, 2.45) is 29.1 Å². The van der Waals surface area contributed by atoms with Gasteiger partial charge in [-0.1, -0.05) is 33.6 Å². The second-order valence-electron chi connectivity index (χ2n) is 8.62. The predicted octanol–water partition coefficient (Wildman–Crippen LogP) is 3.32. The molecule has 3 aliphatic rings. The third-order valence-corrected chi connectivity index (χ3v) is 6.13. The predicted molar refractivity (Wildman–Crippen MR) is 82.7 cm³/mol. The molecule has 3 aliphatic carbocycles. The first kappa shape index (κ1) is 15.1. The minimum Gasteiger partial charge on any atom is -0.352 e. The van der Waals surface area contributed by atoms with Crippen LogP contribution in [0.3, 0.4) is 0 Å². The molecule has 1 amide bonds. The maximum Gasteiger partial charge on any atom is 0.227 e. The first-order chi connectivity index (χ1) is 9.84. The van der Waals surface area contributed by atoms with Crippen LogP contribution in [-0.4, -0.2) is 17.7 Å². The number of carbonyl (C=O) groups is 2. The third kappa shape index (κ3) is 3.02. The van der Waals surface area contributed by atoms with Crippen molar-refractivity contribution < 1.29 is 9.59 Å². The van der Waals surface area contributed by atoms with Crippen molar-refractivity contribution in [3.8, 4) is 0 Å². The van der Waals surface area contributed by atoms with E-state index in [1.807, 2.05) is 20.8 Å². The lowest BCUT2D eigenvalue weighted by atomic mass is 9.75. The maximum absolute atomic E-state index is 12.3. The first-order valence-corrected chi connectivity index (χ1v) is 8.67. The molecule has 0 radical (unpaired) electrons. The smallest absolute Gasteiger partial charge is 0.227 e. The van der Waals surface area contributed by atoms with Crippen molar-refractivity contribution >= 4 is 11.7 Å². The van der Waals surface area contributed by atoms with E-state index in [2.05, 4.69) is 5.32 Å². The first-order valence-electron chi connectivity index (χ1n) is 8.67. The summed E-state index contributed by atoms with van der Waals surface area (Å²) in [6.45, 7) is 5.66. The number of nitrogens with one attached hydrogen (secondary N) is 1. The van der Waals surface area contributed by atoms with Crippen molar-refractivity contribution in [1.82, 2.24) is 5.32 Å². The lowest BCUT2D eigenvalue weighted by Gasteiger charge is -2.37. The zero-order valence-electron chi connectivity index (χ0n) is 13.7.